The van der Waals surface area contributed by atoms with Crippen molar-refractivity contribution in [2.24, 2.45) is 11.3 Å². The Bertz CT molecular complexity index is 375. The van der Waals surface area contributed by atoms with Gasteiger partial charge in [0, 0.05) is 25.6 Å². The van der Waals surface area contributed by atoms with Crippen LogP contribution in [0.3, 0.4) is 0 Å². The Labute approximate surface area is 113 Å². The summed E-state index contributed by atoms with van der Waals surface area (Å²) in [5.41, 5.74) is -0.181. The Balaban J connectivity index is 1.64. The Morgan fingerprint density at radius 2 is 2.16 bits per heavy atom. The molecule has 19 heavy (non-hydrogen) atoms. The van der Waals surface area contributed by atoms with Gasteiger partial charge >= 0.3 is 0 Å². The standard InChI is InChI=1S/C14H23N3O2/c18-12-5-4-11(8-16-12)17-13(19)14-6-2-1-3-10(14)7-15-9-14/h10-11,15H,1-9H2,(H,16,18)(H,17,19)/t10-,11?,14+/m0/s1. The van der Waals surface area contributed by atoms with Crippen molar-refractivity contribution in [3.63, 3.8) is 0 Å². The molecule has 0 spiro atoms. The smallest absolute Gasteiger partial charge is 0.228 e. The van der Waals surface area contributed by atoms with Crippen molar-refractivity contribution in [3.8, 4) is 0 Å². The zero-order chi connectivity index (χ0) is 13.3. The fourth-order valence-electron chi connectivity index (χ4n) is 3.88. The van der Waals surface area contributed by atoms with Crippen LogP contribution in [0.5, 0.6) is 0 Å². The molecule has 3 N–H and O–H groups in total. The third-order valence-corrected chi connectivity index (χ3v) is 5.09. The summed E-state index contributed by atoms with van der Waals surface area (Å²) in [6.45, 7) is 2.39. The van der Waals surface area contributed by atoms with E-state index in [1.807, 2.05) is 0 Å². The van der Waals surface area contributed by atoms with Crippen LogP contribution in [0, 0.1) is 11.3 Å². The fourth-order valence-corrected chi connectivity index (χ4v) is 3.88. The van der Waals surface area contributed by atoms with Crippen LogP contribution in [0.1, 0.15) is 38.5 Å². The minimum atomic E-state index is -0.181. The average molecular weight is 265 g/mol. The van der Waals surface area contributed by atoms with Gasteiger partial charge in [-0.3, -0.25) is 9.59 Å². The molecule has 2 heterocycles. The van der Waals surface area contributed by atoms with E-state index in [-0.39, 0.29) is 23.3 Å². The molecule has 2 amide bonds. The Hall–Kier alpha value is -1.10. The van der Waals surface area contributed by atoms with Crippen molar-refractivity contribution in [2.75, 3.05) is 19.6 Å². The van der Waals surface area contributed by atoms with Crippen LogP contribution in [0.4, 0.5) is 0 Å². The van der Waals surface area contributed by atoms with Crippen molar-refractivity contribution in [3.05, 3.63) is 0 Å². The molecule has 5 nitrogen and oxygen atoms in total. The largest absolute Gasteiger partial charge is 0.354 e. The first-order valence-electron chi connectivity index (χ1n) is 7.49. The molecular formula is C14H23N3O2. The third kappa shape index (κ3) is 2.36. The van der Waals surface area contributed by atoms with Gasteiger partial charge in [0.2, 0.25) is 11.8 Å². The second-order valence-corrected chi connectivity index (χ2v) is 6.24. The number of amides is 2. The second kappa shape index (κ2) is 5.12. The van der Waals surface area contributed by atoms with E-state index in [4.69, 9.17) is 0 Å². The highest BCUT2D eigenvalue weighted by molar-refractivity contribution is 5.84. The minimum absolute atomic E-state index is 0.0988. The first kappa shape index (κ1) is 12.9. The van der Waals surface area contributed by atoms with E-state index < -0.39 is 0 Å². The van der Waals surface area contributed by atoms with Crippen LogP contribution in [-0.2, 0) is 9.59 Å². The van der Waals surface area contributed by atoms with Gasteiger partial charge in [0.25, 0.3) is 0 Å². The van der Waals surface area contributed by atoms with Crippen LogP contribution in [-0.4, -0.2) is 37.5 Å². The van der Waals surface area contributed by atoms with Crippen LogP contribution >= 0.6 is 0 Å². The molecule has 1 unspecified atom stereocenters. The van der Waals surface area contributed by atoms with Gasteiger partial charge in [0.05, 0.1) is 5.41 Å². The van der Waals surface area contributed by atoms with Gasteiger partial charge in [-0.1, -0.05) is 12.8 Å². The van der Waals surface area contributed by atoms with Gasteiger partial charge in [-0.25, -0.2) is 0 Å². The molecule has 1 aliphatic carbocycles. The second-order valence-electron chi connectivity index (χ2n) is 6.24. The molecule has 2 saturated heterocycles. The predicted molar refractivity (Wildman–Crippen MR) is 71.4 cm³/mol. The first-order valence-corrected chi connectivity index (χ1v) is 7.49. The molecule has 5 heteroatoms. The van der Waals surface area contributed by atoms with Crippen molar-refractivity contribution >= 4 is 11.8 Å². The molecule has 3 rings (SSSR count). The number of hydrogen-bond acceptors (Lipinski definition) is 3. The van der Waals surface area contributed by atoms with Crippen LogP contribution in [0.15, 0.2) is 0 Å². The highest BCUT2D eigenvalue weighted by Crippen LogP contribution is 2.44. The molecule has 0 aromatic rings. The van der Waals surface area contributed by atoms with Crippen LogP contribution in [0.25, 0.3) is 0 Å². The van der Waals surface area contributed by atoms with E-state index in [1.165, 1.54) is 12.8 Å². The normalized spacial score (nSPS) is 38.4. The van der Waals surface area contributed by atoms with Crippen molar-refractivity contribution in [1.29, 1.82) is 0 Å². The van der Waals surface area contributed by atoms with Crippen LogP contribution in [0.2, 0.25) is 0 Å². The monoisotopic (exact) mass is 265 g/mol. The zero-order valence-corrected chi connectivity index (χ0v) is 11.3. The number of fused-ring (bicyclic) bond motifs is 1. The third-order valence-electron chi connectivity index (χ3n) is 5.09. The SMILES string of the molecule is O=C1CCC(NC(=O)[C@@]23CCCC[C@H]2CNC3)CN1. The maximum atomic E-state index is 12.7. The molecule has 0 radical (unpaired) electrons. The van der Waals surface area contributed by atoms with Gasteiger partial charge in [-0.05, 0) is 31.7 Å². The summed E-state index contributed by atoms with van der Waals surface area (Å²) in [5, 5.41) is 9.41. The number of carbonyl (C=O) groups excluding carboxylic acids is 2. The molecule has 0 aromatic heterocycles. The van der Waals surface area contributed by atoms with Crippen molar-refractivity contribution in [2.45, 2.75) is 44.6 Å². The maximum absolute atomic E-state index is 12.7. The van der Waals surface area contributed by atoms with Crippen molar-refractivity contribution < 1.29 is 9.59 Å². The fraction of sp³-hybridized carbons (Fsp3) is 0.857. The van der Waals surface area contributed by atoms with E-state index in [1.54, 1.807) is 0 Å². The molecule has 3 aliphatic rings. The predicted octanol–water partition coefficient (Wildman–Crippen LogP) is 0.161. The maximum Gasteiger partial charge on any atom is 0.228 e. The Kier molecular flexibility index (Phi) is 3.48. The number of piperidine rings is 1. The first-order chi connectivity index (χ1) is 9.21. The molecule has 3 fully saturated rings. The van der Waals surface area contributed by atoms with Crippen molar-refractivity contribution in [1.82, 2.24) is 16.0 Å². The molecule has 106 valence electrons. The van der Waals surface area contributed by atoms with Gasteiger partial charge < -0.3 is 16.0 Å². The van der Waals surface area contributed by atoms with E-state index in [9.17, 15) is 9.59 Å². The Morgan fingerprint density at radius 1 is 1.26 bits per heavy atom. The summed E-state index contributed by atoms with van der Waals surface area (Å²) >= 11 is 0. The molecular weight excluding hydrogens is 242 g/mol. The molecule has 1 saturated carbocycles. The van der Waals surface area contributed by atoms with Gasteiger partial charge in [0.1, 0.15) is 0 Å². The van der Waals surface area contributed by atoms with Gasteiger partial charge in [-0.2, -0.15) is 0 Å². The number of rotatable bonds is 2. The summed E-state index contributed by atoms with van der Waals surface area (Å²) in [6, 6.07) is 0.114. The minimum Gasteiger partial charge on any atom is -0.354 e. The summed E-state index contributed by atoms with van der Waals surface area (Å²) < 4.78 is 0. The summed E-state index contributed by atoms with van der Waals surface area (Å²) in [6.07, 6.45) is 5.89. The zero-order valence-electron chi connectivity index (χ0n) is 11.3. The highest BCUT2D eigenvalue weighted by Gasteiger charge is 2.50. The van der Waals surface area contributed by atoms with E-state index in [0.29, 0.717) is 18.9 Å². The molecule has 0 aromatic carbocycles. The lowest BCUT2D eigenvalue weighted by atomic mass is 9.67. The van der Waals surface area contributed by atoms with E-state index >= 15 is 0 Å². The van der Waals surface area contributed by atoms with E-state index in [0.717, 1.165) is 32.4 Å². The lowest BCUT2D eigenvalue weighted by Crippen LogP contribution is -2.54. The van der Waals surface area contributed by atoms with Gasteiger partial charge in [0.15, 0.2) is 0 Å². The van der Waals surface area contributed by atoms with Crippen LogP contribution < -0.4 is 16.0 Å². The summed E-state index contributed by atoms with van der Waals surface area (Å²) in [4.78, 5) is 23.8. The number of carbonyl (C=O) groups is 2. The topological polar surface area (TPSA) is 70.2 Å². The molecule has 3 atom stereocenters. The quantitative estimate of drug-likeness (QED) is 0.666. The molecule has 2 aliphatic heterocycles. The van der Waals surface area contributed by atoms with E-state index in [2.05, 4.69) is 16.0 Å². The van der Waals surface area contributed by atoms with Gasteiger partial charge in [-0.15, -0.1) is 0 Å². The summed E-state index contributed by atoms with van der Waals surface area (Å²) in [5.74, 6) is 0.810. The lowest BCUT2D eigenvalue weighted by molar-refractivity contribution is -0.135. The highest BCUT2D eigenvalue weighted by atomic mass is 16.2. The number of hydrogen-bond donors (Lipinski definition) is 3. The lowest BCUT2D eigenvalue weighted by Gasteiger charge is -2.38. The Morgan fingerprint density at radius 3 is 2.95 bits per heavy atom. The summed E-state index contributed by atoms with van der Waals surface area (Å²) in [7, 11) is 0. The molecule has 0 bridgehead atoms. The average Bonchev–Trinajstić information content (AvgIpc) is 2.86. The number of nitrogens with one attached hydrogen (secondary N) is 3.